The van der Waals surface area contributed by atoms with Crippen LogP contribution < -0.4 is 4.74 Å². The molecule has 130 valence electrons. The third-order valence-corrected chi connectivity index (χ3v) is 5.74. The molecule has 2 aromatic heterocycles. The van der Waals surface area contributed by atoms with Crippen LogP contribution in [0.2, 0.25) is 0 Å². The first-order chi connectivity index (χ1) is 12.3. The number of hydrogen-bond acceptors (Lipinski definition) is 6. The van der Waals surface area contributed by atoms with E-state index in [9.17, 15) is 0 Å². The maximum atomic E-state index is 5.53. The van der Waals surface area contributed by atoms with Crippen molar-refractivity contribution in [3.8, 4) is 17.1 Å². The van der Waals surface area contributed by atoms with Crippen LogP contribution in [0.3, 0.4) is 0 Å². The summed E-state index contributed by atoms with van der Waals surface area (Å²) in [5, 5.41) is 6.35. The zero-order valence-corrected chi connectivity index (χ0v) is 15.3. The zero-order chi connectivity index (χ0) is 17.2. The van der Waals surface area contributed by atoms with Crippen molar-refractivity contribution in [1.82, 2.24) is 15.0 Å². The molecule has 1 aliphatic heterocycles. The third-order valence-electron chi connectivity index (χ3n) is 4.75. The fourth-order valence-corrected chi connectivity index (χ4v) is 4.48. The number of nitrogens with zero attached hydrogens (tertiary/aromatic N) is 3. The van der Waals surface area contributed by atoms with Gasteiger partial charge < -0.3 is 9.26 Å². The standard InChI is InChI=1S/C19H21N3O2S/c1-3-15-13-9-11-25-17(13)8-10-22(15)12-18-20-19(21-24-18)14-6-4-5-7-16(14)23-2/h4-7,9,11,15H,3,8,10,12H2,1-2H3/t15-/m1/s1. The molecule has 0 aliphatic carbocycles. The van der Waals surface area contributed by atoms with Crippen molar-refractivity contribution in [2.45, 2.75) is 32.4 Å². The molecule has 1 aromatic carbocycles. The summed E-state index contributed by atoms with van der Waals surface area (Å²) >= 11 is 1.87. The molecule has 1 atom stereocenters. The van der Waals surface area contributed by atoms with Crippen LogP contribution in [0.4, 0.5) is 0 Å². The molecule has 5 nitrogen and oxygen atoms in total. The highest BCUT2D eigenvalue weighted by atomic mass is 32.1. The number of thiophene rings is 1. The van der Waals surface area contributed by atoms with Gasteiger partial charge in [0.25, 0.3) is 0 Å². The van der Waals surface area contributed by atoms with E-state index in [1.54, 1.807) is 7.11 Å². The fraction of sp³-hybridized carbons (Fsp3) is 0.368. The van der Waals surface area contributed by atoms with Crippen molar-refractivity contribution in [3.63, 3.8) is 0 Å². The lowest BCUT2D eigenvalue weighted by Crippen LogP contribution is -2.34. The second-order valence-corrected chi connectivity index (χ2v) is 7.16. The van der Waals surface area contributed by atoms with Gasteiger partial charge in [0.1, 0.15) is 5.75 Å². The molecule has 6 heteroatoms. The normalized spacial score (nSPS) is 17.4. The van der Waals surface area contributed by atoms with Crippen molar-refractivity contribution in [2.75, 3.05) is 13.7 Å². The highest BCUT2D eigenvalue weighted by Gasteiger charge is 2.28. The minimum absolute atomic E-state index is 0.427. The summed E-state index contributed by atoms with van der Waals surface area (Å²) in [6.45, 7) is 3.94. The van der Waals surface area contributed by atoms with Crippen LogP contribution in [0, 0.1) is 0 Å². The van der Waals surface area contributed by atoms with E-state index in [1.807, 2.05) is 35.6 Å². The Morgan fingerprint density at radius 2 is 2.20 bits per heavy atom. The molecular weight excluding hydrogens is 334 g/mol. The molecule has 0 fully saturated rings. The molecule has 0 N–H and O–H groups in total. The van der Waals surface area contributed by atoms with E-state index in [4.69, 9.17) is 9.26 Å². The lowest BCUT2D eigenvalue weighted by atomic mass is 9.98. The van der Waals surface area contributed by atoms with E-state index in [2.05, 4.69) is 33.4 Å². The van der Waals surface area contributed by atoms with Gasteiger partial charge in [-0.25, -0.2) is 0 Å². The Morgan fingerprint density at radius 3 is 3.04 bits per heavy atom. The third kappa shape index (κ3) is 3.07. The van der Waals surface area contributed by atoms with Gasteiger partial charge >= 0.3 is 0 Å². The van der Waals surface area contributed by atoms with Gasteiger partial charge in [-0.3, -0.25) is 4.90 Å². The number of aromatic nitrogens is 2. The van der Waals surface area contributed by atoms with Gasteiger partial charge in [0.05, 0.1) is 19.2 Å². The second-order valence-electron chi connectivity index (χ2n) is 6.16. The molecule has 0 bridgehead atoms. The summed E-state index contributed by atoms with van der Waals surface area (Å²) in [5.74, 6) is 1.98. The number of benzene rings is 1. The summed E-state index contributed by atoms with van der Waals surface area (Å²) in [6.07, 6.45) is 2.17. The molecule has 0 spiro atoms. The molecule has 0 saturated carbocycles. The van der Waals surface area contributed by atoms with Crippen LogP contribution in [0.15, 0.2) is 40.2 Å². The molecular formula is C19H21N3O2S. The molecule has 0 amide bonds. The van der Waals surface area contributed by atoms with Gasteiger partial charge in [-0.05, 0) is 42.0 Å². The molecule has 4 rings (SSSR count). The van der Waals surface area contributed by atoms with Crippen LogP contribution in [0.5, 0.6) is 5.75 Å². The zero-order valence-electron chi connectivity index (χ0n) is 14.4. The highest BCUT2D eigenvalue weighted by molar-refractivity contribution is 7.10. The number of fused-ring (bicyclic) bond motifs is 1. The molecule has 0 saturated heterocycles. The van der Waals surface area contributed by atoms with E-state index >= 15 is 0 Å². The van der Waals surface area contributed by atoms with Gasteiger partial charge in [-0.15, -0.1) is 11.3 Å². The molecule has 1 aliphatic rings. The lowest BCUT2D eigenvalue weighted by Gasteiger charge is -2.34. The monoisotopic (exact) mass is 355 g/mol. The Morgan fingerprint density at radius 1 is 1.32 bits per heavy atom. The van der Waals surface area contributed by atoms with Crippen molar-refractivity contribution in [1.29, 1.82) is 0 Å². The van der Waals surface area contributed by atoms with Crippen molar-refractivity contribution < 1.29 is 9.26 Å². The first-order valence-corrected chi connectivity index (χ1v) is 9.44. The first-order valence-electron chi connectivity index (χ1n) is 8.56. The van der Waals surface area contributed by atoms with E-state index in [0.29, 0.717) is 24.3 Å². The van der Waals surface area contributed by atoms with Gasteiger partial charge in [0, 0.05) is 17.5 Å². The van der Waals surface area contributed by atoms with Crippen molar-refractivity contribution in [3.05, 3.63) is 52.0 Å². The summed E-state index contributed by atoms with van der Waals surface area (Å²) < 4.78 is 10.9. The van der Waals surface area contributed by atoms with Gasteiger partial charge in [0.15, 0.2) is 0 Å². The number of methoxy groups -OCH3 is 1. The van der Waals surface area contributed by atoms with E-state index in [0.717, 1.165) is 30.7 Å². The Bertz CT molecular complexity index is 858. The van der Waals surface area contributed by atoms with Gasteiger partial charge in [-0.2, -0.15) is 4.98 Å². The molecule has 0 radical (unpaired) electrons. The quantitative estimate of drug-likeness (QED) is 0.682. The number of ether oxygens (including phenoxy) is 1. The summed E-state index contributed by atoms with van der Waals surface area (Å²) in [4.78, 5) is 8.55. The topological polar surface area (TPSA) is 51.4 Å². The van der Waals surface area contributed by atoms with Gasteiger partial charge in [0.2, 0.25) is 11.7 Å². The fourth-order valence-electron chi connectivity index (χ4n) is 3.55. The summed E-state index contributed by atoms with van der Waals surface area (Å²) in [7, 11) is 1.65. The Balaban J connectivity index is 1.55. The Kier molecular flexibility index (Phi) is 4.55. The number of hydrogen-bond donors (Lipinski definition) is 0. The van der Waals surface area contributed by atoms with Crippen molar-refractivity contribution in [2.24, 2.45) is 0 Å². The highest BCUT2D eigenvalue weighted by Crippen LogP contribution is 2.36. The number of rotatable bonds is 5. The lowest BCUT2D eigenvalue weighted by molar-refractivity contribution is 0.151. The van der Waals surface area contributed by atoms with Crippen LogP contribution >= 0.6 is 11.3 Å². The molecule has 3 heterocycles. The van der Waals surface area contributed by atoms with Crippen LogP contribution in [-0.2, 0) is 13.0 Å². The largest absolute Gasteiger partial charge is 0.496 e. The smallest absolute Gasteiger partial charge is 0.241 e. The number of para-hydroxylation sites is 1. The van der Waals surface area contributed by atoms with E-state index in [-0.39, 0.29) is 0 Å². The maximum Gasteiger partial charge on any atom is 0.241 e. The Labute approximate surface area is 151 Å². The van der Waals surface area contributed by atoms with Gasteiger partial charge in [-0.1, -0.05) is 24.2 Å². The van der Waals surface area contributed by atoms with Crippen molar-refractivity contribution >= 4 is 11.3 Å². The van der Waals surface area contributed by atoms with E-state index < -0.39 is 0 Å². The SMILES string of the molecule is CC[C@@H]1c2ccsc2CCN1Cc1nc(-c2ccccc2OC)no1. The average molecular weight is 355 g/mol. The predicted octanol–water partition coefficient (Wildman–Crippen LogP) is 4.32. The first kappa shape index (κ1) is 16.3. The van der Waals surface area contributed by atoms with Crippen LogP contribution in [0.25, 0.3) is 11.4 Å². The Hall–Kier alpha value is -2.18. The molecule has 0 unspecified atom stereocenters. The average Bonchev–Trinajstić information content (AvgIpc) is 3.31. The summed E-state index contributed by atoms with van der Waals surface area (Å²) in [5.41, 5.74) is 2.31. The maximum absolute atomic E-state index is 5.53. The second kappa shape index (κ2) is 6.98. The van der Waals surface area contributed by atoms with Crippen LogP contribution in [0.1, 0.15) is 35.7 Å². The minimum atomic E-state index is 0.427. The minimum Gasteiger partial charge on any atom is -0.496 e. The molecule has 25 heavy (non-hydrogen) atoms. The molecule has 3 aromatic rings. The van der Waals surface area contributed by atoms with Crippen LogP contribution in [-0.4, -0.2) is 28.7 Å². The summed E-state index contributed by atoms with van der Waals surface area (Å²) in [6, 6.07) is 10.4. The van der Waals surface area contributed by atoms with E-state index in [1.165, 1.54) is 10.4 Å². The predicted molar refractivity (Wildman–Crippen MR) is 97.8 cm³/mol.